The Hall–Kier alpha value is -1.14. The van der Waals surface area contributed by atoms with E-state index in [-0.39, 0.29) is 18.4 Å². The van der Waals surface area contributed by atoms with Gasteiger partial charge in [0.15, 0.2) is 0 Å². The lowest BCUT2D eigenvalue weighted by molar-refractivity contribution is -0.152. The predicted molar refractivity (Wildman–Crippen MR) is 70.6 cm³/mol. The Morgan fingerprint density at radius 2 is 2.32 bits per heavy atom. The molecule has 2 aliphatic heterocycles. The molecule has 0 spiro atoms. The third-order valence-electron chi connectivity index (χ3n) is 3.88. The Bertz CT molecular complexity index is 353. The van der Waals surface area contributed by atoms with Crippen LogP contribution >= 0.6 is 0 Å². The largest absolute Gasteiger partial charge is 0.377 e. The molecule has 0 aromatic rings. The van der Waals surface area contributed by atoms with Gasteiger partial charge in [-0.05, 0) is 33.2 Å². The maximum Gasteiger partial charge on any atom is 0.245 e. The minimum Gasteiger partial charge on any atom is -0.377 e. The summed E-state index contributed by atoms with van der Waals surface area (Å²) in [6.45, 7) is 6.48. The minimum atomic E-state index is -0.526. The molecule has 2 aliphatic rings. The molecule has 19 heavy (non-hydrogen) atoms. The Labute approximate surface area is 113 Å². The summed E-state index contributed by atoms with van der Waals surface area (Å²) in [6, 6.07) is -0.500. The van der Waals surface area contributed by atoms with E-state index in [2.05, 4.69) is 10.6 Å². The lowest BCUT2D eigenvalue weighted by atomic mass is 9.97. The zero-order valence-corrected chi connectivity index (χ0v) is 11.7. The fourth-order valence-electron chi connectivity index (χ4n) is 2.75. The van der Waals surface area contributed by atoms with Crippen LogP contribution in [0.3, 0.4) is 0 Å². The first-order valence-corrected chi connectivity index (χ1v) is 7.00. The number of carbonyl (C=O) groups excluding carboxylic acids is 2. The van der Waals surface area contributed by atoms with Crippen LogP contribution in [0.25, 0.3) is 0 Å². The number of ether oxygens (including phenoxy) is 1. The van der Waals surface area contributed by atoms with Gasteiger partial charge in [-0.15, -0.1) is 0 Å². The fraction of sp³-hybridized carbons (Fsp3) is 0.846. The summed E-state index contributed by atoms with van der Waals surface area (Å²) in [4.78, 5) is 26.4. The lowest BCUT2D eigenvalue weighted by Crippen LogP contribution is -2.62. The molecule has 2 atom stereocenters. The molecular formula is C13H23N3O3. The zero-order chi connectivity index (χ0) is 13.9. The van der Waals surface area contributed by atoms with Crippen molar-refractivity contribution >= 4 is 11.8 Å². The molecule has 2 saturated heterocycles. The van der Waals surface area contributed by atoms with Crippen LogP contribution < -0.4 is 10.6 Å². The van der Waals surface area contributed by atoms with Crippen LogP contribution in [0.1, 0.15) is 26.7 Å². The third kappa shape index (κ3) is 2.90. The van der Waals surface area contributed by atoms with Crippen molar-refractivity contribution in [2.75, 3.05) is 32.8 Å². The maximum absolute atomic E-state index is 12.7. The number of nitrogens with one attached hydrogen (secondary N) is 2. The van der Waals surface area contributed by atoms with E-state index in [1.54, 1.807) is 4.90 Å². The molecular weight excluding hydrogens is 246 g/mol. The number of amides is 2. The van der Waals surface area contributed by atoms with E-state index in [1.165, 1.54) is 0 Å². The number of likely N-dealkylation sites (N-methyl/N-ethyl adjacent to an activating group) is 1. The van der Waals surface area contributed by atoms with Crippen molar-refractivity contribution in [3.8, 4) is 0 Å². The van der Waals surface area contributed by atoms with Gasteiger partial charge in [0, 0.05) is 13.1 Å². The van der Waals surface area contributed by atoms with Crippen molar-refractivity contribution in [1.29, 1.82) is 0 Å². The molecule has 2 N–H and O–H groups in total. The van der Waals surface area contributed by atoms with Crippen LogP contribution in [-0.2, 0) is 14.3 Å². The fourth-order valence-corrected chi connectivity index (χ4v) is 2.75. The van der Waals surface area contributed by atoms with E-state index >= 15 is 0 Å². The SMILES string of the molecule is CCNC(=O)C1COCCN1C(=O)C1(C)CCCN1. The molecule has 2 amide bonds. The van der Waals surface area contributed by atoms with Gasteiger partial charge in [-0.1, -0.05) is 0 Å². The second kappa shape index (κ2) is 5.88. The molecule has 2 heterocycles. The summed E-state index contributed by atoms with van der Waals surface area (Å²) < 4.78 is 5.35. The number of nitrogens with zero attached hydrogens (tertiary/aromatic N) is 1. The first-order chi connectivity index (χ1) is 9.08. The molecule has 0 aromatic carbocycles. The highest BCUT2D eigenvalue weighted by molar-refractivity contribution is 5.92. The number of morpholine rings is 1. The second-order valence-electron chi connectivity index (χ2n) is 5.35. The monoisotopic (exact) mass is 269 g/mol. The summed E-state index contributed by atoms with van der Waals surface area (Å²) in [6.07, 6.45) is 1.82. The summed E-state index contributed by atoms with van der Waals surface area (Å²) >= 11 is 0. The molecule has 0 bridgehead atoms. The lowest BCUT2D eigenvalue weighted by Gasteiger charge is -2.39. The van der Waals surface area contributed by atoms with Crippen LogP contribution in [0.2, 0.25) is 0 Å². The highest BCUT2D eigenvalue weighted by Crippen LogP contribution is 2.23. The summed E-state index contributed by atoms with van der Waals surface area (Å²) in [5.74, 6) is -0.110. The topological polar surface area (TPSA) is 70.7 Å². The number of hydrogen-bond acceptors (Lipinski definition) is 4. The van der Waals surface area contributed by atoms with Gasteiger partial charge < -0.3 is 20.3 Å². The Balaban J connectivity index is 2.10. The number of hydrogen-bond donors (Lipinski definition) is 2. The molecule has 2 fully saturated rings. The highest BCUT2D eigenvalue weighted by atomic mass is 16.5. The Morgan fingerprint density at radius 3 is 2.95 bits per heavy atom. The molecule has 0 radical (unpaired) electrons. The zero-order valence-electron chi connectivity index (χ0n) is 11.7. The van der Waals surface area contributed by atoms with Crippen LogP contribution in [0.15, 0.2) is 0 Å². The quantitative estimate of drug-likeness (QED) is 0.724. The smallest absolute Gasteiger partial charge is 0.245 e. The molecule has 2 rings (SSSR count). The maximum atomic E-state index is 12.7. The van der Waals surface area contributed by atoms with Crippen LogP contribution in [0.5, 0.6) is 0 Å². The van der Waals surface area contributed by atoms with Crippen LogP contribution in [-0.4, -0.2) is 61.1 Å². The minimum absolute atomic E-state index is 0.0181. The third-order valence-corrected chi connectivity index (χ3v) is 3.88. The Kier molecular flexibility index (Phi) is 4.42. The average Bonchev–Trinajstić information content (AvgIpc) is 2.86. The first-order valence-electron chi connectivity index (χ1n) is 7.00. The molecule has 108 valence electrons. The van der Waals surface area contributed by atoms with Gasteiger partial charge in [0.1, 0.15) is 6.04 Å². The van der Waals surface area contributed by atoms with Crippen molar-refractivity contribution in [2.45, 2.75) is 38.3 Å². The van der Waals surface area contributed by atoms with Crippen molar-refractivity contribution in [3.63, 3.8) is 0 Å². The highest BCUT2D eigenvalue weighted by Gasteiger charge is 2.43. The average molecular weight is 269 g/mol. The van der Waals surface area contributed by atoms with Gasteiger partial charge in [0.25, 0.3) is 0 Å². The van der Waals surface area contributed by atoms with Crippen molar-refractivity contribution in [1.82, 2.24) is 15.5 Å². The van der Waals surface area contributed by atoms with Gasteiger partial charge in [-0.2, -0.15) is 0 Å². The van der Waals surface area contributed by atoms with Crippen LogP contribution in [0.4, 0.5) is 0 Å². The molecule has 0 aromatic heterocycles. The molecule has 6 nitrogen and oxygen atoms in total. The van der Waals surface area contributed by atoms with E-state index in [1.807, 2.05) is 13.8 Å². The van der Waals surface area contributed by atoms with Crippen LogP contribution in [0, 0.1) is 0 Å². The van der Waals surface area contributed by atoms with E-state index in [0.29, 0.717) is 19.7 Å². The normalized spacial score (nSPS) is 31.3. The number of carbonyl (C=O) groups is 2. The molecule has 2 unspecified atom stereocenters. The van der Waals surface area contributed by atoms with Gasteiger partial charge in [-0.25, -0.2) is 0 Å². The van der Waals surface area contributed by atoms with Gasteiger partial charge in [-0.3, -0.25) is 9.59 Å². The van der Waals surface area contributed by atoms with E-state index in [0.717, 1.165) is 19.4 Å². The van der Waals surface area contributed by atoms with Crippen molar-refractivity contribution in [2.24, 2.45) is 0 Å². The Morgan fingerprint density at radius 1 is 1.53 bits per heavy atom. The second-order valence-corrected chi connectivity index (χ2v) is 5.35. The van der Waals surface area contributed by atoms with Gasteiger partial charge in [0.05, 0.1) is 18.8 Å². The number of rotatable bonds is 3. The molecule has 6 heteroatoms. The molecule has 0 saturated carbocycles. The van der Waals surface area contributed by atoms with Crippen molar-refractivity contribution in [3.05, 3.63) is 0 Å². The standard InChI is InChI=1S/C13H23N3O3/c1-3-14-11(17)10-9-19-8-7-16(10)12(18)13(2)5-4-6-15-13/h10,15H,3-9H2,1-2H3,(H,14,17). The summed E-state index contributed by atoms with van der Waals surface area (Å²) in [5, 5.41) is 6.03. The van der Waals surface area contributed by atoms with E-state index in [9.17, 15) is 9.59 Å². The molecule has 0 aliphatic carbocycles. The van der Waals surface area contributed by atoms with Gasteiger partial charge >= 0.3 is 0 Å². The van der Waals surface area contributed by atoms with E-state index < -0.39 is 11.6 Å². The van der Waals surface area contributed by atoms with Gasteiger partial charge in [0.2, 0.25) is 11.8 Å². The van der Waals surface area contributed by atoms with E-state index in [4.69, 9.17) is 4.74 Å². The van der Waals surface area contributed by atoms with Crippen molar-refractivity contribution < 1.29 is 14.3 Å². The summed E-state index contributed by atoms with van der Waals surface area (Å²) in [5.41, 5.74) is -0.526. The first kappa shape index (κ1) is 14.3. The predicted octanol–water partition coefficient (Wildman–Crippen LogP) is -0.508. The summed E-state index contributed by atoms with van der Waals surface area (Å²) in [7, 11) is 0.